The number of amides is 2. The number of rotatable bonds is 5. The minimum atomic E-state index is -0.388. The Bertz CT molecular complexity index is 1160. The molecule has 1 atom stereocenters. The van der Waals surface area contributed by atoms with Gasteiger partial charge in [-0.25, -0.2) is 0 Å². The van der Waals surface area contributed by atoms with Crippen molar-refractivity contribution in [3.05, 3.63) is 63.1 Å². The lowest BCUT2D eigenvalue weighted by Gasteiger charge is -2.17. The van der Waals surface area contributed by atoms with E-state index in [1.165, 1.54) is 30.1 Å². The largest absolute Gasteiger partial charge is 0.496 e. The first-order valence-corrected chi connectivity index (χ1v) is 10.9. The monoisotopic (exact) mass is 456 g/mol. The Labute approximate surface area is 189 Å². The quantitative estimate of drug-likeness (QED) is 0.607. The van der Waals surface area contributed by atoms with Crippen molar-refractivity contribution in [2.75, 3.05) is 23.9 Å². The average Bonchev–Trinajstić information content (AvgIpc) is 3.36. The van der Waals surface area contributed by atoms with Crippen molar-refractivity contribution in [2.45, 2.75) is 26.2 Å². The summed E-state index contributed by atoms with van der Waals surface area (Å²) in [5, 5.41) is 12.5. The average molecular weight is 457 g/mol. The third kappa shape index (κ3) is 4.40. The topological polar surface area (TPSA) is 84.4 Å². The first-order chi connectivity index (χ1) is 14.9. The molecule has 0 spiro atoms. The van der Waals surface area contributed by atoms with Crippen molar-refractivity contribution >= 4 is 45.6 Å². The summed E-state index contributed by atoms with van der Waals surface area (Å²) in [5.74, 6) is 0.00837. The fourth-order valence-electron chi connectivity index (χ4n) is 3.49. The van der Waals surface area contributed by atoms with Crippen LogP contribution in [0, 0.1) is 13.8 Å². The molecular formula is C22H21ClN4O3S. The van der Waals surface area contributed by atoms with Gasteiger partial charge in [0.15, 0.2) is 0 Å². The number of nitrogens with one attached hydrogen (secondary N) is 1. The fraction of sp³-hybridized carbons (Fsp3) is 0.273. The second kappa shape index (κ2) is 8.64. The number of benzene rings is 2. The van der Waals surface area contributed by atoms with Crippen LogP contribution in [0.2, 0.25) is 5.02 Å². The summed E-state index contributed by atoms with van der Waals surface area (Å²) in [6.45, 7) is 4.61. The summed E-state index contributed by atoms with van der Waals surface area (Å²) >= 11 is 7.28. The Hall–Kier alpha value is -2.97. The van der Waals surface area contributed by atoms with Gasteiger partial charge < -0.3 is 9.64 Å². The number of anilines is 2. The van der Waals surface area contributed by atoms with Crippen LogP contribution in [0.25, 0.3) is 0 Å². The third-order valence-corrected chi connectivity index (χ3v) is 6.58. The lowest BCUT2D eigenvalue weighted by molar-refractivity contribution is -0.117. The highest BCUT2D eigenvalue weighted by atomic mass is 35.5. The standard InChI is InChI=1S/C22H21ClN4O3S/c1-12-4-6-16(8-13(12)2)27-11-14(9-19(27)28)21-25-26-22(31-21)24-20(29)17-10-15(23)5-7-18(17)30-3/h4-8,10,14H,9,11H2,1-3H3,(H,24,26,29). The molecule has 7 nitrogen and oxygen atoms in total. The van der Waals surface area contributed by atoms with Gasteiger partial charge in [0.25, 0.3) is 5.91 Å². The molecule has 2 heterocycles. The van der Waals surface area contributed by atoms with Gasteiger partial charge in [0.1, 0.15) is 10.8 Å². The second-order valence-electron chi connectivity index (χ2n) is 7.42. The zero-order chi connectivity index (χ0) is 22.1. The summed E-state index contributed by atoms with van der Waals surface area (Å²) in [6, 6.07) is 10.8. The van der Waals surface area contributed by atoms with Crippen LogP contribution < -0.4 is 15.0 Å². The number of carbonyl (C=O) groups excluding carboxylic acids is 2. The van der Waals surface area contributed by atoms with Gasteiger partial charge in [-0.05, 0) is 55.3 Å². The first-order valence-electron chi connectivity index (χ1n) is 9.71. The lowest BCUT2D eigenvalue weighted by atomic mass is 10.1. The van der Waals surface area contributed by atoms with E-state index in [9.17, 15) is 9.59 Å². The number of ether oxygens (including phenoxy) is 1. The summed E-state index contributed by atoms with van der Waals surface area (Å²) in [4.78, 5) is 27.1. The molecule has 1 aromatic heterocycles. The van der Waals surface area contributed by atoms with E-state index in [4.69, 9.17) is 16.3 Å². The highest BCUT2D eigenvalue weighted by Gasteiger charge is 2.34. The Kier molecular flexibility index (Phi) is 5.93. The Morgan fingerprint density at radius 3 is 2.74 bits per heavy atom. The highest BCUT2D eigenvalue weighted by molar-refractivity contribution is 7.15. The Morgan fingerprint density at radius 2 is 2.00 bits per heavy atom. The molecule has 9 heteroatoms. The number of aromatic nitrogens is 2. The summed E-state index contributed by atoms with van der Waals surface area (Å²) in [7, 11) is 1.49. The molecule has 2 amide bonds. The van der Waals surface area contributed by atoms with Crippen molar-refractivity contribution in [3.63, 3.8) is 0 Å². The van der Waals surface area contributed by atoms with Gasteiger partial charge in [-0.3, -0.25) is 14.9 Å². The summed E-state index contributed by atoms with van der Waals surface area (Å²) in [5.41, 5.74) is 3.53. The molecule has 1 saturated heterocycles. The van der Waals surface area contributed by atoms with Crippen molar-refractivity contribution in [1.29, 1.82) is 0 Å². The second-order valence-corrected chi connectivity index (χ2v) is 8.86. The number of hydrogen-bond acceptors (Lipinski definition) is 6. The first kappa shape index (κ1) is 21.3. The van der Waals surface area contributed by atoms with Crippen molar-refractivity contribution in [2.24, 2.45) is 0 Å². The van der Waals surface area contributed by atoms with Gasteiger partial charge in [-0.15, -0.1) is 10.2 Å². The smallest absolute Gasteiger partial charge is 0.261 e. The minimum absolute atomic E-state index is 0.0534. The van der Waals surface area contributed by atoms with Gasteiger partial charge in [0, 0.05) is 29.6 Å². The predicted molar refractivity (Wildman–Crippen MR) is 121 cm³/mol. The molecule has 1 fully saturated rings. The molecule has 31 heavy (non-hydrogen) atoms. The van der Waals surface area contributed by atoms with Crippen LogP contribution in [-0.4, -0.2) is 35.7 Å². The number of hydrogen-bond donors (Lipinski definition) is 1. The highest BCUT2D eigenvalue weighted by Crippen LogP contribution is 2.35. The fourth-order valence-corrected chi connectivity index (χ4v) is 4.49. The maximum Gasteiger partial charge on any atom is 0.261 e. The van der Waals surface area contributed by atoms with E-state index < -0.39 is 0 Å². The van der Waals surface area contributed by atoms with Gasteiger partial charge in [0.05, 0.1) is 12.7 Å². The molecule has 4 rings (SSSR count). The minimum Gasteiger partial charge on any atom is -0.496 e. The van der Waals surface area contributed by atoms with E-state index in [2.05, 4.69) is 15.5 Å². The van der Waals surface area contributed by atoms with Crippen LogP contribution in [-0.2, 0) is 4.79 Å². The predicted octanol–water partition coefficient (Wildman–Crippen LogP) is 4.59. The van der Waals surface area contributed by atoms with Crippen molar-refractivity contribution < 1.29 is 14.3 Å². The molecule has 160 valence electrons. The lowest BCUT2D eigenvalue weighted by Crippen LogP contribution is -2.24. The number of nitrogens with zero attached hydrogens (tertiary/aromatic N) is 3. The molecule has 2 aromatic carbocycles. The van der Waals surface area contributed by atoms with Gasteiger partial charge in [-0.2, -0.15) is 0 Å². The maximum atomic E-state index is 12.7. The summed E-state index contributed by atoms with van der Waals surface area (Å²) < 4.78 is 5.23. The van der Waals surface area contributed by atoms with E-state index in [-0.39, 0.29) is 17.7 Å². The molecule has 0 radical (unpaired) electrons. The van der Waals surface area contributed by atoms with Crippen LogP contribution in [0.1, 0.15) is 38.8 Å². The molecule has 1 aliphatic rings. The van der Waals surface area contributed by atoms with Crippen LogP contribution >= 0.6 is 22.9 Å². The molecule has 1 unspecified atom stereocenters. The molecule has 1 N–H and O–H groups in total. The normalized spacial score (nSPS) is 15.9. The van der Waals surface area contributed by atoms with E-state index in [0.29, 0.717) is 39.4 Å². The molecular weight excluding hydrogens is 436 g/mol. The molecule has 3 aromatic rings. The van der Waals surface area contributed by atoms with E-state index in [1.807, 2.05) is 32.0 Å². The Morgan fingerprint density at radius 1 is 1.19 bits per heavy atom. The zero-order valence-corrected chi connectivity index (χ0v) is 18.9. The van der Waals surface area contributed by atoms with E-state index in [0.717, 1.165) is 11.3 Å². The van der Waals surface area contributed by atoms with E-state index >= 15 is 0 Å². The van der Waals surface area contributed by atoms with Gasteiger partial charge >= 0.3 is 0 Å². The van der Waals surface area contributed by atoms with Crippen LogP contribution in [0.5, 0.6) is 5.75 Å². The summed E-state index contributed by atoms with van der Waals surface area (Å²) in [6.07, 6.45) is 0.359. The van der Waals surface area contributed by atoms with Crippen LogP contribution in [0.15, 0.2) is 36.4 Å². The number of halogens is 1. The van der Waals surface area contributed by atoms with Gasteiger partial charge in [0.2, 0.25) is 11.0 Å². The van der Waals surface area contributed by atoms with Crippen molar-refractivity contribution in [3.8, 4) is 5.75 Å². The molecule has 0 saturated carbocycles. The SMILES string of the molecule is COc1ccc(Cl)cc1C(=O)Nc1nnc(C2CC(=O)N(c3ccc(C)c(C)c3)C2)s1. The van der Waals surface area contributed by atoms with Crippen LogP contribution in [0.4, 0.5) is 10.8 Å². The number of aryl methyl sites for hydroxylation is 2. The van der Waals surface area contributed by atoms with Gasteiger partial charge in [-0.1, -0.05) is 29.0 Å². The zero-order valence-electron chi connectivity index (χ0n) is 17.3. The maximum absolute atomic E-state index is 12.7. The number of carbonyl (C=O) groups is 2. The van der Waals surface area contributed by atoms with Crippen molar-refractivity contribution in [1.82, 2.24) is 10.2 Å². The van der Waals surface area contributed by atoms with E-state index in [1.54, 1.807) is 17.0 Å². The Balaban J connectivity index is 1.48. The number of methoxy groups -OCH3 is 1. The van der Waals surface area contributed by atoms with Crippen LogP contribution in [0.3, 0.4) is 0 Å². The molecule has 0 bridgehead atoms. The molecule has 0 aliphatic carbocycles. The third-order valence-electron chi connectivity index (χ3n) is 5.34. The molecule has 1 aliphatic heterocycles.